The number of nitrogens with zero attached hydrogens (tertiary/aromatic N) is 2. The van der Waals surface area contributed by atoms with Gasteiger partial charge in [0.25, 0.3) is 0 Å². The van der Waals surface area contributed by atoms with Crippen molar-refractivity contribution in [3.8, 4) is 0 Å². The molecule has 1 aliphatic heterocycles. The van der Waals surface area contributed by atoms with E-state index >= 15 is 0 Å². The van der Waals surface area contributed by atoms with Crippen LogP contribution in [0.25, 0.3) is 0 Å². The van der Waals surface area contributed by atoms with Gasteiger partial charge < -0.3 is 5.32 Å². The Kier molecular flexibility index (Phi) is 4.87. The molecule has 116 valence electrons. The van der Waals surface area contributed by atoms with Crippen LogP contribution >= 0.6 is 22.7 Å². The summed E-state index contributed by atoms with van der Waals surface area (Å²) in [7, 11) is 0. The minimum atomic E-state index is -0.280. The van der Waals surface area contributed by atoms with Gasteiger partial charge >= 0.3 is 6.03 Å². The van der Waals surface area contributed by atoms with E-state index in [1.54, 1.807) is 22.7 Å². The van der Waals surface area contributed by atoms with Crippen LogP contribution in [0.1, 0.15) is 9.75 Å². The maximum absolute atomic E-state index is 12.4. The van der Waals surface area contributed by atoms with E-state index in [0.717, 1.165) is 13.1 Å². The van der Waals surface area contributed by atoms with Crippen LogP contribution in [0.5, 0.6) is 0 Å². The third-order valence-corrected chi connectivity index (χ3v) is 5.16. The lowest BCUT2D eigenvalue weighted by Crippen LogP contribution is -2.41. The van der Waals surface area contributed by atoms with E-state index in [2.05, 4.69) is 22.3 Å². The lowest BCUT2D eigenvalue weighted by atomic mass is 10.3. The molecule has 7 heteroatoms. The monoisotopic (exact) mass is 335 g/mol. The average Bonchev–Trinajstić information content (AvgIpc) is 3.21. The smallest absolute Gasteiger partial charge is 0.324 e. The zero-order chi connectivity index (χ0) is 15.4. The molecule has 0 aliphatic carbocycles. The third kappa shape index (κ3) is 3.73. The molecule has 1 saturated heterocycles. The van der Waals surface area contributed by atoms with Crippen molar-refractivity contribution in [2.24, 2.45) is 0 Å². The third-order valence-electron chi connectivity index (χ3n) is 3.44. The molecule has 0 saturated carbocycles. The predicted octanol–water partition coefficient (Wildman–Crippen LogP) is 2.36. The van der Waals surface area contributed by atoms with Crippen molar-refractivity contribution in [2.45, 2.75) is 13.1 Å². The molecule has 1 N–H and O–H groups in total. The summed E-state index contributed by atoms with van der Waals surface area (Å²) < 4.78 is 0. The number of hydrogen-bond donors (Lipinski definition) is 1. The van der Waals surface area contributed by atoms with E-state index in [1.807, 2.05) is 22.9 Å². The fraction of sp³-hybridized carbons (Fsp3) is 0.333. The second kappa shape index (κ2) is 7.04. The molecule has 0 unspecified atom stereocenters. The van der Waals surface area contributed by atoms with Crippen LogP contribution in [-0.4, -0.2) is 41.4 Å². The number of carbonyl (C=O) groups is 2. The molecular weight excluding hydrogens is 318 g/mol. The molecule has 0 radical (unpaired) electrons. The minimum absolute atomic E-state index is 0.136. The van der Waals surface area contributed by atoms with Crippen LogP contribution in [0, 0.1) is 0 Å². The fourth-order valence-electron chi connectivity index (χ4n) is 2.40. The zero-order valence-electron chi connectivity index (χ0n) is 12.0. The van der Waals surface area contributed by atoms with Crippen molar-refractivity contribution in [2.75, 3.05) is 19.6 Å². The first-order valence-corrected chi connectivity index (χ1v) is 8.83. The molecule has 0 spiro atoms. The van der Waals surface area contributed by atoms with Crippen molar-refractivity contribution in [3.63, 3.8) is 0 Å². The highest BCUT2D eigenvalue weighted by atomic mass is 32.1. The van der Waals surface area contributed by atoms with E-state index in [1.165, 1.54) is 14.7 Å². The number of carbonyl (C=O) groups excluding carboxylic acids is 2. The molecular formula is C15H17N3O2S2. The van der Waals surface area contributed by atoms with Gasteiger partial charge in [0.1, 0.15) is 0 Å². The maximum atomic E-state index is 12.4. The molecule has 1 fully saturated rings. The van der Waals surface area contributed by atoms with Crippen molar-refractivity contribution < 1.29 is 9.59 Å². The molecule has 0 aromatic carbocycles. The van der Waals surface area contributed by atoms with Gasteiger partial charge in [0, 0.05) is 35.9 Å². The Bertz CT molecular complexity index is 589. The van der Waals surface area contributed by atoms with Gasteiger partial charge in [0.2, 0.25) is 5.91 Å². The maximum Gasteiger partial charge on any atom is 0.324 e. The molecule has 0 atom stereocenters. The number of urea groups is 1. The number of amides is 3. The first-order chi connectivity index (χ1) is 10.7. The van der Waals surface area contributed by atoms with Crippen LogP contribution in [0.15, 0.2) is 35.0 Å². The zero-order valence-corrected chi connectivity index (χ0v) is 13.7. The summed E-state index contributed by atoms with van der Waals surface area (Å²) in [4.78, 5) is 29.8. The Morgan fingerprint density at radius 2 is 1.82 bits per heavy atom. The summed E-state index contributed by atoms with van der Waals surface area (Å²) >= 11 is 3.36. The van der Waals surface area contributed by atoms with Gasteiger partial charge in [-0.3, -0.25) is 14.6 Å². The van der Waals surface area contributed by atoms with E-state index in [0.29, 0.717) is 13.1 Å². The van der Waals surface area contributed by atoms with Gasteiger partial charge in [0.05, 0.1) is 6.54 Å². The highest BCUT2D eigenvalue weighted by molar-refractivity contribution is 7.10. The average molecular weight is 335 g/mol. The Morgan fingerprint density at radius 3 is 2.27 bits per heavy atom. The fourth-order valence-corrected chi connectivity index (χ4v) is 3.89. The van der Waals surface area contributed by atoms with Gasteiger partial charge in [-0.1, -0.05) is 12.1 Å². The Hall–Kier alpha value is -1.70. The van der Waals surface area contributed by atoms with Gasteiger partial charge in [-0.05, 0) is 22.9 Å². The van der Waals surface area contributed by atoms with Crippen molar-refractivity contribution in [1.82, 2.24) is 15.1 Å². The highest BCUT2D eigenvalue weighted by Crippen LogP contribution is 2.17. The highest BCUT2D eigenvalue weighted by Gasteiger charge is 2.27. The second-order valence-corrected chi connectivity index (χ2v) is 7.15. The number of thiophene rings is 2. The number of nitrogens with one attached hydrogen (secondary N) is 1. The Labute approximate surface area is 137 Å². The minimum Gasteiger partial charge on any atom is -0.336 e. The summed E-state index contributed by atoms with van der Waals surface area (Å²) in [5.74, 6) is -0.136. The SMILES string of the molecule is O=C(CN(Cc1cccs1)Cc1cccs1)N1CCNC1=O. The van der Waals surface area contributed by atoms with Crippen LogP contribution < -0.4 is 5.32 Å². The van der Waals surface area contributed by atoms with Crippen molar-refractivity contribution >= 4 is 34.6 Å². The first kappa shape index (κ1) is 15.2. The van der Waals surface area contributed by atoms with Crippen LogP contribution in [0.2, 0.25) is 0 Å². The normalized spacial score (nSPS) is 14.6. The van der Waals surface area contributed by atoms with Gasteiger partial charge in [-0.15, -0.1) is 22.7 Å². The van der Waals surface area contributed by atoms with E-state index < -0.39 is 0 Å². The Morgan fingerprint density at radius 1 is 1.18 bits per heavy atom. The van der Waals surface area contributed by atoms with Gasteiger partial charge in [0.15, 0.2) is 0 Å². The lowest BCUT2D eigenvalue weighted by molar-refractivity contribution is -0.129. The lowest BCUT2D eigenvalue weighted by Gasteiger charge is -2.22. The van der Waals surface area contributed by atoms with Crippen LogP contribution in [0.3, 0.4) is 0 Å². The molecule has 3 rings (SSSR count). The molecule has 1 aliphatic rings. The number of hydrogen-bond acceptors (Lipinski definition) is 5. The molecule has 22 heavy (non-hydrogen) atoms. The van der Waals surface area contributed by atoms with Crippen LogP contribution in [0.4, 0.5) is 4.79 Å². The molecule has 2 aromatic heterocycles. The topological polar surface area (TPSA) is 52.7 Å². The summed E-state index contributed by atoms with van der Waals surface area (Å²) in [5, 5.41) is 6.74. The standard InChI is InChI=1S/C15H17N3O2S2/c19-14(18-6-5-16-15(18)20)11-17(9-12-3-1-7-21-12)10-13-4-2-8-22-13/h1-4,7-8H,5-6,9-11H2,(H,16,20). The molecule has 3 amide bonds. The predicted molar refractivity (Wildman–Crippen MR) is 87.9 cm³/mol. The molecule has 2 aromatic rings. The van der Waals surface area contributed by atoms with E-state index in [9.17, 15) is 9.59 Å². The molecule has 3 heterocycles. The molecule has 0 bridgehead atoms. The van der Waals surface area contributed by atoms with Crippen molar-refractivity contribution in [1.29, 1.82) is 0 Å². The number of imide groups is 1. The summed E-state index contributed by atoms with van der Waals surface area (Å²) in [6.45, 7) is 2.70. The van der Waals surface area contributed by atoms with Gasteiger partial charge in [-0.2, -0.15) is 0 Å². The largest absolute Gasteiger partial charge is 0.336 e. The summed E-state index contributed by atoms with van der Waals surface area (Å²) in [5.41, 5.74) is 0. The Balaban J connectivity index is 1.67. The quantitative estimate of drug-likeness (QED) is 0.882. The summed E-state index contributed by atoms with van der Waals surface area (Å²) in [6, 6.07) is 7.88. The van der Waals surface area contributed by atoms with E-state index in [4.69, 9.17) is 0 Å². The second-order valence-electron chi connectivity index (χ2n) is 5.08. The molecule has 5 nitrogen and oxygen atoms in total. The number of rotatable bonds is 6. The first-order valence-electron chi connectivity index (χ1n) is 7.07. The van der Waals surface area contributed by atoms with E-state index in [-0.39, 0.29) is 18.5 Å². The van der Waals surface area contributed by atoms with Crippen LogP contribution in [-0.2, 0) is 17.9 Å². The van der Waals surface area contributed by atoms with Crippen molar-refractivity contribution in [3.05, 3.63) is 44.8 Å². The van der Waals surface area contributed by atoms with Gasteiger partial charge in [-0.25, -0.2) is 4.79 Å². The summed E-state index contributed by atoms with van der Waals surface area (Å²) in [6.07, 6.45) is 0.